The summed E-state index contributed by atoms with van der Waals surface area (Å²) >= 11 is 0. The van der Waals surface area contributed by atoms with Gasteiger partial charge in [0.25, 0.3) is 0 Å². The number of carbonyl (C=O) groups excluding carboxylic acids is 2. The lowest BCUT2D eigenvalue weighted by Crippen LogP contribution is -2.20. The van der Waals surface area contributed by atoms with Crippen molar-refractivity contribution in [2.45, 2.75) is 26.9 Å². The van der Waals surface area contributed by atoms with Crippen LogP contribution in [0.3, 0.4) is 0 Å². The van der Waals surface area contributed by atoms with E-state index in [1.54, 1.807) is 0 Å². The van der Waals surface area contributed by atoms with Gasteiger partial charge in [0.1, 0.15) is 5.56 Å². The standard InChI is InChI=1S/C15H14F3NO5/c1-5-23-13(21)9-11-8(6(2)10(7(3)20)19(11)4)14(22)24-12(9)15(16,17)18/h5H2,1-4H3. The average molecular weight is 345 g/mol. The monoisotopic (exact) mass is 345 g/mol. The van der Waals surface area contributed by atoms with Crippen LogP contribution in [0.2, 0.25) is 0 Å². The number of aryl methyl sites for hydroxylation is 2. The molecule has 0 radical (unpaired) electrons. The maximum absolute atomic E-state index is 13.2. The van der Waals surface area contributed by atoms with Crippen LogP contribution in [-0.2, 0) is 18.0 Å². The second-order valence-electron chi connectivity index (χ2n) is 5.12. The number of aromatic nitrogens is 1. The summed E-state index contributed by atoms with van der Waals surface area (Å²) in [6.45, 7) is 3.87. The van der Waals surface area contributed by atoms with Crippen molar-refractivity contribution in [3.05, 3.63) is 33.0 Å². The Morgan fingerprint density at radius 2 is 1.88 bits per heavy atom. The van der Waals surface area contributed by atoms with E-state index in [9.17, 15) is 27.6 Å². The van der Waals surface area contributed by atoms with Crippen molar-refractivity contribution in [2.24, 2.45) is 7.05 Å². The van der Waals surface area contributed by atoms with Crippen molar-refractivity contribution < 1.29 is 31.9 Å². The van der Waals surface area contributed by atoms with Gasteiger partial charge in [0.15, 0.2) is 5.78 Å². The summed E-state index contributed by atoms with van der Waals surface area (Å²) in [6, 6.07) is 0. The van der Waals surface area contributed by atoms with Gasteiger partial charge in [0.05, 0.1) is 23.2 Å². The van der Waals surface area contributed by atoms with Crippen LogP contribution < -0.4 is 5.63 Å². The first-order chi connectivity index (χ1) is 11.0. The Morgan fingerprint density at radius 3 is 2.33 bits per heavy atom. The van der Waals surface area contributed by atoms with Crippen LogP contribution in [0.4, 0.5) is 13.2 Å². The van der Waals surface area contributed by atoms with Crippen molar-refractivity contribution >= 4 is 22.7 Å². The summed E-state index contributed by atoms with van der Waals surface area (Å²) in [5.74, 6) is -3.49. The molecule has 0 aliphatic rings. The number of alkyl halides is 3. The summed E-state index contributed by atoms with van der Waals surface area (Å²) in [4.78, 5) is 35.9. The predicted octanol–water partition coefficient (Wildman–Crippen LogP) is 2.84. The van der Waals surface area contributed by atoms with E-state index in [1.165, 1.54) is 27.8 Å². The van der Waals surface area contributed by atoms with Crippen molar-refractivity contribution in [1.82, 2.24) is 4.57 Å². The van der Waals surface area contributed by atoms with E-state index in [2.05, 4.69) is 9.15 Å². The van der Waals surface area contributed by atoms with Crippen LogP contribution in [0.1, 0.15) is 46.0 Å². The van der Waals surface area contributed by atoms with E-state index in [1.807, 2.05) is 0 Å². The average Bonchev–Trinajstić information content (AvgIpc) is 2.70. The molecule has 130 valence electrons. The van der Waals surface area contributed by atoms with E-state index in [0.29, 0.717) is 0 Å². The summed E-state index contributed by atoms with van der Waals surface area (Å²) in [5.41, 5.74) is -2.36. The lowest BCUT2D eigenvalue weighted by atomic mass is 10.1. The third kappa shape index (κ3) is 2.59. The molecule has 2 aromatic rings. The largest absolute Gasteiger partial charge is 0.462 e. The topological polar surface area (TPSA) is 78.5 Å². The van der Waals surface area contributed by atoms with Crippen LogP contribution in [0.25, 0.3) is 10.9 Å². The third-order valence-corrected chi connectivity index (χ3v) is 3.57. The molecule has 2 heterocycles. The van der Waals surface area contributed by atoms with E-state index < -0.39 is 34.9 Å². The molecule has 0 amide bonds. The number of halogens is 3. The molecule has 9 heteroatoms. The molecule has 0 unspecified atom stereocenters. The molecule has 0 saturated heterocycles. The molecule has 0 atom stereocenters. The fourth-order valence-corrected chi connectivity index (χ4v) is 2.76. The van der Waals surface area contributed by atoms with E-state index >= 15 is 0 Å². The zero-order valence-corrected chi connectivity index (χ0v) is 13.3. The minimum atomic E-state index is -5.08. The quantitative estimate of drug-likeness (QED) is 0.631. The number of ketones is 1. The number of fused-ring (bicyclic) bond motifs is 1. The van der Waals surface area contributed by atoms with Gasteiger partial charge in [0.2, 0.25) is 5.76 Å². The minimum absolute atomic E-state index is 0.0159. The van der Waals surface area contributed by atoms with E-state index in [-0.39, 0.29) is 28.8 Å². The molecule has 2 aromatic heterocycles. The van der Waals surface area contributed by atoms with Crippen LogP contribution in [-0.4, -0.2) is 22.9 Å². The maximum atomic E-state index is 13.2. The molecule has 6 nitrogen and oxygen atoms in total. The lowest BCUT2D eigenvalue weighted by Gasteiger charge is -2.12. The van der Waals surface area contributed by atoms with E-state index in [4.69, 9.17) is 0 Å². The highest BCUT2D eigenvalue weighted by atomic mass is 19.4. The van der Waals surface area contributed by atoms with Gasteiger partial charge in [-0.15, -0.1) is 0 Å². The lowest BCUT2D eigenvalue weighted by molar-refractivity contribution is -0.155. The summed E-state index contributed by atoms with van der Waals surface area (Å²) < 4.78 is 49.9. The molecule has 0 spiro atoms. The molecule has 0 aromatic carbocycles. The first kappa shape index (κ1) is 17.8. The normalized spacial score (nSPS) is 11.8. The number of hydrogen-bond donors (Lipinski definition) is 0. The number of rotatable bonds is 3. The Kier molecular flexibility index (Phi) is 4.30. The van der Waals surface area contributed by atoms with Crippen molar-refractivity contribution in [3.63, 3.8) is 0 Å². The molecule has 0 fully saturated rings. The number of ether oxygens (including phenoxy) is 1. The maximum Gasteiger partial charge on any atom is 0.450 e. The highest BCUT2D eigenvalue weighted by Crippen LogP contribution is 2.36. The van der Waals surface area contributed by atoms with Crippen LogP contribution >= 0.6 is 0 Å². The van der Waals surface area contributed by atoms with Gasteiger partial charge in [-0.1, -0.05) is 0 Å². The Balaban J connectivity index is 3.10. The first-order valence-electron chi connectivity index (χ1n) is 6.93. The van der Waals surface area contributed by atoms with Crippen molar-refractivity contribution in [1.29, 1.82) is 0 Å². The summed E-state index contributed by atoms with van der Waals surface area (Å²) in [7, 11) is 1.30. The molecule has 0 bridgehead atoms. The highest BCUT2D eigenvalue weighted by Gasteiger charge is 2.42. The molecule has 0 saturated carbocycles. The number of nitrogens with zero attached hydrogens (tertiary/aromatic N) is 1. The minimum Gasteiger partial charge on any atom is -0.462 e. The summed E-state index contributed by atoms with van der Waals surface area (Å²) in [5, 5.41) is -0.251. The second kappa shape index (κ2) is 5.81. The molecular weight excluding hydrogens is 331 g/mol. The molecule has 0 N–H and O–H groups in total. The molecule has 2 rings (SSSR count). The van der Waals surface area contributed by atoms with Crippen LogP contribution in [0, 0.1) is 6.92 Å². The highest BCUT2D eigenvalue weighted by molar-refractivity contribution is 6.08. The van der Waals surface area contributed by atoms with Gasteiger partial charge in [0, 0.05) is 14.0 Å². The zero-order valence-electron chi connectivity index (χ0n) is 13.3. The van der Waals surface area contributed by atoms with Gasteiger partial charge < -0.3 is 13.7 Å². The smallest absolute Gasteiger partial charge is 0.450 e. The number of carbonyl (C=O) groups is 2. The fraction of sp³-hybridized carbons (Fsp3) is 0.400. The van der Waals surface area contributed by atoms with Crippen LogP contribution in [0.5, 0.6) is 0 Å². The Labute approximate surface area is 133 Å². The van der Waals surface area contributed by atoms with Gasteiger partial charge >= 0.3 is 17.8 Å². The molecule has 0 aliphatic heterocycles. The predicted molar refractivity (Wildman–Crippen MR) is 77.2 cm³/mol. The first-order valence-corrected chi connectivity index (χ1v) is 6.93. The van der Waals surface area contributed by atoms with Gasteiger partial charge in [-0.2, -0.15) is 13.2 Å². The molecule has 24 heavy (non-hydrogen) atoms. The second-order valence-corrected chi connectivity index (χ2v) is 5.12. The number of esters is 1. The van der Waals surface area contributed by atoms with Crippen molar-refractivity contribution in [2.75, 3.05) is 6.61 Å². The van der Waals surface area contributed by atoms with Gasteiger partial charge in [-0.3, -0.25) is 4.79 Å². The Bertz CT molecular complexity index is 905. The number of hydrogen-bond acceptors (Lipinski definition) is 5. The zero-order chi connectivity index (χ0) is 18.4. The summed E-state index contributed by atoms with van der Waals surface area (Å²) in [6.07, 6.45) is -5.08. The van der Waals surface area contributed by atoms with Gasteiger partial charge in [-0.05, 0) is 19.4 Å². The Hall–Kier alpha value is -2.58. The van der Waals surface area contributed by atoms with Gasteiger partial charge in [-0.25, -0.2) is 9.59 Å². The third-order valence-electron chi connectivity index (χ3n) is 3.57. The van der Waals surface area contributed by atoms with Crippen LogP contribution in [0.15, 0.2) is 9.21 Å². The molecular formula is C15H14F3NO5. The fourth-order valence-electron chi connectivity index (χ4n) is 2.76. The van der Waals surface area contributed by atoms with Crippen molar-refractivity contribution in [3.8, 4) is 0 Å². The van der Waals surface area contributed by atoms with E-state index in [0.717, 1.165) is 4.57 Å². The molecule has 0 aliphatic carbocycles. The number of Topliss-reactive ketones (excluding diaryl/α,β-unsaturated/α-hetero) is 1. The SMILES string of the molecule is CCOC(=O)c1c(C(F)(F)F)oc(=O)c2c(C)c(C(C)=O)n(C)c12. The Morgan fingerprint density at radius 1 is 1.29 bits per heavy atom.